The average molecular weight is 278 g/mol. The smallest absolute Gasteiger partial charge is 0.330 e. The molecule has 0 heterocycles. The third-order valence-corrected chi connectivity index (χ3v) is 3.45. The Labute approximate surface area is 122 Å². The maximum absolute atomic E-state index is 12.4. The number of fused-ring (bicyclic) bond motifs is 3. The van der Waals surface area contributed by atoms with Crippen molar-refractivity contribution in [2.24, 2.45) is 0 Å². The van der Waals surface area contributed by atoms with Gasteiger partial charge in [-0.05, 0) is 35.8 Å². The van der Waals surface area contributed by atoms with E-state index in [1.807, 2.05) is 42.5 Å². The Balaban J connectivity index is 1.94. The summed E-state index contributed by atoms with van der Waals surface area (Å²) in [5.74, 6) is -0.348. The Morgan fingerprint density at radius 3 is 2.52 bits per heavy atom. The molecule has 0 saturated heterocycles. The van der Waals surface area contributed by atoms with Gasteiger partial charge in [-0.25, -0.2) is 4.79 Å². The monoisotopic (exact) mass is 278 g/mol. The Kier molecular flexibility index (Phi) is 3.40. The van der Waals surface area contributed by atoms with Crippen LogP contribution in [-0.2, 0) is 9.53 Å². The standard InChI is InChI=1S/C18H14O3/c1-2-21-17(19)10-8-12-7-9-14-13-5-3-4-6-15(13)18(20)16(14)11-12/h3-11H,2H2,1H3. The van der Waals surface area contributed by atoms with Crippen LogP contribution in [0, 0.1) is 0 Å². The first-order chi connectivity index (χ1) is 10.2. The fourth-order valence-electron chi connectivity index (χ4n) is 2.50. The number of hydrogen-bond donors (Lipinski definition) is 0. The fraction of sp³-hybridized carbons (Fsp3) is 0.111. The normalized spacial score (nSPS) is 12.3. The largest absolute Gasteiger partial charge is 0.463 e. The Hall–Kier alpha value is -2.68. The number of ether oxygens (including phenoxy) is 1. The summed E-state index contributed by atoms with van der Waals surface area (Å²) in [7, 11) is 0. The van der Waals surface area contributed by atoms with Crippen molar-refractivity contribution >= 4 is 17.8 Å². The van der Waals surface area contributed by atoms with Crippen molar-refractivity contribution in [1.82, 2.24) is 0 Å². The van der Waals surface area contributed by atoms with Gasteiger partial charge in [-0.15, -0.1) is 0 Å². The molecule has 0 amide bonds. The zero-order chi connectivity index (χ0) is 14.8. The van der Waals surface area contributed by atoms with Crippen LogP contribution in [0.1, 0.15) is 28.4 Å². The molecule has 0 aromatic heterocycles. The number of carbonyl (C=O) groups excluding carboxylic acids is 2. The van der Waals surface area contributed by atoms with E-state index in [9.17, 15) is 9.59 Å². The summed E-state index contributed by atoms with van der Waals surface area (Å²) in [6.07, 6.45) is 3.03. The van der Waals surface area contributed by atoms with Crippen LogP contribution >= 0.6 is 0 Å². The summed E-state index contributed by atoms with van der Waals surface area (Å²) >= 11 is 0. The Morgan fingerprint density at radius 2 is 1.76 bits per heavy atom. The topological polar surface area (TPSA) is 43.4 Å². The van der Waals surface area contributed by atoms with E-state index in [2.05, 4.69) is 0 Å². The SMILES string of the molecule is CCOC(=O)C=Cc1ccc2c(c1)C(=O)c1ccccc1-2. The highest BCUT2D eigenvalue weighted by molar-refractivity contribution is 6.21. The van der Waals surface area contributed by atoms with Crippen molar-refractivity contribution in [3.8, 4) is 11.1 Å². The van der Waals surface area contributed by atoms with Crippen LogP contribution in [0.2, 0.25) is 0 Å². The number of carbonyl (C=O) groups is 2. The van der Waals surface area contributed by atoms with Gasteiger partial charge in [-0.3, -0.25) is 4.79 Å². The maximum atomic E-state index is 12.4. The van der Waals surface area contributed by atoms with Gasteiger partial charge in [0.15, 0.2) is 5.78 Å². The van der Waals surface area contributed by atoms with Gasteiger partial charge in [0.05, 0.1) is 6.61 Å². The summed E-state index contributed by atoms with van der Waals surface area (Å²) in [6.45, 7) is 2.11. The third-order valence-electron chi connectivity index (χ3n) is 3.45. The van der Waals surface area contributed by atoms with Gasteiger partial charge in [0.1, 0.15) is 0 Å². The van der Waals surface area contributed by atoms with E-state index < -0.39 is 0 Å². The highest BCUT2D eigenvalue weighted by atomic mass is 16.5. The lowest BCUT2D eigenvalue weighted by Gasteiger charge is -2.01. The van der Waals surface area contributed by atoms with Gasteiger partial charge < -0.3 is 4.74 Å². The van der Waals surface area contributed by atoms with Gasteiger partial charge in [0.2, 0.25) is 0 Å². The van der Waals surface area contributed by atoms with Gasteiger partial charge in [-0.2, -0.15) is 0 Å². The molecule has 3 nitrogen and oxygen atoms in total. The lowest BCUT2D eigenvalue weighted by molar-refractivity contribution is -0.137. The van der Waals surface area contributed by atoms with E-state index >= 15 is 0 Å². The van der Waals surface area contributed by atoms with Crippen LogP contribution in [0.25, 0.3) is 17.2 Å². The summed E-state index contributed by atoms with van der Waals surface area (Å²) in [5, 5.41) is 0. The van der Waals surface area contributed by atoms with Crippen LogP contribution in [0.5, 0.6) is 0 Å². The molecule has 0 N–H and O–H groups in total. The first-order valence-electron chi connectivity index (χ1n) is 6.83. The van der Waals surface area contributed by atoms with E-state index in [0.717, 1.165) is 22.3 Å². The lowest BCUT2D eigenvalue weighted by atomic mass is 10.0. The van der Waals surface area contributed by atoms with Crippen molar-refractivity contribution in [2.75, 3.05) is 6.61 Å². The zero-order valence-corrected chi connectivity index (χ0v) is 11.6. The van der Waals surface area contributed by atoms with E-state index in [1.165, 1.54) is 6.08 Å². The molecule has 2 aromatic carbocycles. The van der Waals surface area contributed by atoms with Crippen LogP contribution in [0.15, 0.2) is 48.5 Å². The third kappa shape index (κ3) is 2.38. The molecule has 0 fully saturated rings. The number of rotatable bonds is 3. The quantitative estimate of drug-likeness (QED) is 0.544. The lowest BCUT2D eigenvalue weighted by Crippen LogP contribution is -1.99. The van der Waals surface area contributed by atoms with Gasteiger partial charge in [0.25, 0.3) is 0 Å². The summed E-state index contributed by atoms with van der Waals surface area (Å²) in [4.78, 5) is 23.7. The summed E-state index contributed by atoms with van der Waals surface area (Å²) < 4.78 is 4.84. The highest BCUT2D eigenvalue weighted by Crippen LogP contribution is 2.36. The number of ketones is 1. The minimum absolute atomic E-state index is 0.0342. The van der Waals surface area contributed by atoms with Crippen molar-refractivity contribution in [1.29, 1.82) is 0 Å². The molecule has 0 atom stereocenters. The highest BCUT2D eigenvalue weighted by Gasteiger charge is 2.25. The molecular weight excluding hydrogens is 264 g/mol. The molecule has 21 heavy (non-hydrogen) atoms. The van der Waals surface area contributed by atoms with E-state index in [1.54, 1.807) is 13.0 Å². The molecule has 0 spiro atoms. The molecule has 0 aliphatic heterocycles. The minimum atomic E-state index is -0.382. The second-order valence-electron chi connectivity index (χ2n) is 4.77. The number of esters is 1. The van der Waals surface area contributed by atoms with Gasteiger partial charge in [-0.1, -0.05) is 36.4 Å². The molecule has 1 aliphatic rings. The molecule has 1 aliphatic carbocycles. The predicted molar refractivity (Wildman–Crippen MR) is 81.0 cm³/mol. The molecule has 104 valence electrons. The zero-order valence-electron chi connectivity index (χ0n) is 11.6. The first-order valence-corrected chi connectivity index (χ1v) is 6.83. The van der Waals surface area contributed by atoms with Crippen molar-refractivity contribution in [2.45, 2.75) is 6.92 Å². The maximum Gasteiger partial charge on any atom is 0.330 e. The Bertz CT molecular complexity index is 757. The number of hydrogen-bond acceptors (Lipinski definition) is 3. The van der Waals surface area contributed by atoms with Crippen LogP contribution in [-0.4, -0.2) is 18.4 Å². The fourth-order valence-corrected chi connectivity index (χ4v) is 2.50. The van der Waals surface area contributed by atoms with E-state index in [-0.39, 0.29) is 11.8 Å². The van der Waals surface area contributed by atoms with Gasteiger partial charge in [0, 0.05) is 17.2 Å². The first kappa shape index (κ1) is 13.3. The Morgan fingerprint density at radius 1 is 1.05 bits per heavy atom. The van der Waals surface area contributed by atoms with Crippen molar-refractivity contribution < 1.29 is 14.3 Å². The summed E-state index contributed by atoms with van der Waals surface area (Å²) in [6, 6.07) is 13.2. The molecule has 0 unspecified atom stereocenters. The number of benzene rings is 2. The van der Waals surface area contributed by atoms with Crippen LogP contribution < -0.4 is 0 Å². The predicted octanol–water partition coefficient (Wildman–Crippen LogP) is 3.47. The second kappa shape index (κ2) is 5.37. The molecular formula is C18H14O3. The molecule has 0 radical (unpaired) electrons. The van der Waals surface area contributed by atoms with E-state index in [4.69, 9.17) is 4.74 Å². The van der Waals surface area contributed by atoms with Crippen LogP contribution in [0.3, 0.4) is 0 Å². The van der Waals surface area contributed by atoms with E-state index in [0.29, 0.717) is 12.2 Å². The molecule has 0 bridgehead atoms. The molecule has 3 rings (SSSR count). The average Bonchev–Trinajstić information content (AvgIpc) is 2.79. The molecule has 3 heteroatoms. The second-order valence-corrected chi connectivity index (χ2v) is 4.77. The van der Waals surface area contributed by atoms with Crippen molar-refractivity contribution in [3.05, 3.63) is 65.2 Å². The summed E-state index contributed by atoms with van der Waals surface area (Å²) in [5.41, 5.74) is 4.14. The molecule has 0 saturated carbocycles. The minimum Gasteiger partial charge on any atom is -0.463 e. The molecule has 2 aromatic rings. The van der Waals surface area contributed by atoms with Crippen molar-refractivity contribution in [3.63, 3.8) is 0 Å². The van der Waals surface area contributed by atoms with Gasteiger partial charge >= 0.3 is 5.97 Å². The van der Waals surface area contributed by atoms with Crippen LogP contribution in [0.4, 0.5) is 0 Å².